The molecule has 2 rings (SSSR count). The molecule has 17 heavy (non-hydrogen) atoms. The van der Waals surface area contributed by atoms with Crippen molar-refractivity contribution >= 4 is 16.9 Å². The second-order valence-electron chi connectivity index (χ2n) is 3.97. The first-order valence-electron chi connectivity index (χ1n) is 5.71. The maximum Gasteiger partial charge on any atom is 0.215 e. The van der Waals surface area contributed by atoms with Gasteiger partial charge in [0.1, 0.15) is 12.1 Å². The summed E-state index contributed by atoms with van der Waals surface area (Å²) in [6.07, 6.45) is 1.51. The van der Waals surface area contributed by atoms with Crippen LogP contribution < -0.4 is 10.1 Å². The summed E-state index contributed by atoms with van der Waals surface area (Å²) in [5, 5.41) is 4.17. The third kappa shape index (κ3) is 2.61. The number of nitrogens with zero attached hydrogens (tertiary/aromatic N) is 3. The fraction of sp³-hybridized carbons (Fsp3) is 0.417. The molecule has 0 fully saturated rings. The van der Waals surface area contributed by atoms with E-state index in [0.29, 0.717) is 24.2 Å². The predicted molar refractivity (Wildman–Crippen MR) is 67.3 cm³/mol. The molecule has 5 nitrogen and oxygen atoms in total. The van der Waals surface area contributed by atoms with Crippen molar-refractivity contribution in [1.82, 2.24) is 15.0 Å². The molecule has 0 aliphatic heterocycles. The summed E-state index contributed by atoms with van der Waals surface area (Å²) in [7, 11) is 0. The first kappa shape index (κ1) is 11.6. The number of rotatable bonds is 4. The summed E-state index contributed by atoms with van der Waals surface area (Å²) in [5.41, 5.74) is 0.647. The van der Waals surface area contributed by atoms with Gasteiger partial charge in [-0.15, -0.1) is 0 Å². The molecule has 1 N–H and O–H groups in total. The first-order chi connectivity index (χ1) is 8.20. The van der Waals surface area contributed by atoms with Crippen molar-refractivity contribution in [2.45, 2.75) is 26.8 Å². The van der Waals surface area contributed by atoms with Crippen LogP contribution in [0.25, 0.3) is 11.0 Å². The average Bonchev–Trinajstić information content (AvgIpc) is 2.29. The largest absolute Gasteiger partial charge is 0.478 e. The van der Waals surface area contributed by atoms with Gasteiger partial charge in [-0.1, -0.05) is 0 Å². The third-order valence-electron chi connectivity index (χ3n) is 2.19. The van der Waals surface area contributed by atoms with Crippen LogP contribution in [0, 0.1) is 0 Å². The van der Waals surface area contributed by atoms with E-state index >= 15 is 0 Å². The lowest BCUT2D eigenvalue weighted by atomic mass is 10.3. The first-order valence-corrected chi connectivity index (χ1v) is 5.71. The smallest absolute Gasteiger partial charge is 0.215 e. The van der Waals surface area contributed by atoms with Crippen LogP contribution in [0.2, 0.25) is 0 Å². The van der Waals surface area contributed by atoms with Crippen molar-refractivity contribution in [2.75, 3.05) is 11.9 Å². The van der Waals surface area contributed by atoms with E-state index in [0.717, 1.165) is 11.2 Å². The molecule has 2 aromatic rings. The minimum absolute atomic E-state index is 0.319. The molecule has 0 spiro atoms. The van der Waals surface area contributed by atoms with Gasteiger partial charge in [0, 0.05) is 12.1 Å². The van der Waals surface area contributed by atoms with E-state index in [2.05, 4.69) is 34.1 Å². The van der Waals surface area contributed by atoms with Gasteiger partial charge in [-0.3, -0.25) is 0 Å². The van der Waals surface area contributed by atoms with Crippen LogP contribution in [0.1, 0.15) is 20.8 Å². The molecule has 2 heterocycles. The minimum atomic E-state index is 0.319. The van der Waals surface area contributed by atoms with Gasteiger partial charge in [0.05, 0.1) is 12.0 Å². The normalized spacial score (nSPS) is 10.8. The Labute approximate surface area is 100 Å². The van der Waals surface area contributed by atoms with Gasteiger partial charge in [0.2, 0.25) is 5.88 Å². The molecule has 0 amide bonds. The van der Waals surface area contributed by atoms with Crippen molar-refractivity contribution < 1.29 is 4.74 Å². The minimum Gasteiger partial charge on any atom is -0.478 e. The highest BCUT2D eigenvalue weighted by Gasteiger charge is 2.06. The molecule has 0 aliphatic carbocycles. The Morgan fingerprint density at radius 2 is 2.12 bits per heavy atom. The molecule has 0 saturated carbocycles. The fourth-order valence-electron chi connectivity index (χ4n) is 1.54. The number of fused-ring (bicyclic) bond motifs is 1. The molecule has 0 radical (unpaired) electrons. The Hall–Kier alpha value is -1.91. The number of pyridine rings is 1. The number of hydrogen-bond donors (Lipinski definition) is 1. The number of hydrogen-bond acceptors (Lipinski definition) is 5. The lowest BCUT2D eigenvalue weighted by Crippen LogP contribution is -2.11. The van der Waals surface area contributed by atoms with Gasteiger partial charge in [-0.05, 0) is 26.8 Å². The summed E-state index contributed by atoms with van der Waals surface area (Å²) in [4.78, 5) is 12.7. The second-order valence-corrected chi connectivity index (χ2v) is 3.97. The molecule has 0 atom stereocenters. The maximum absolute atomic E-state index is 5.34. The van der Waals surface area contributed by atoms with Crippen LogP contribution in [-0.2, 0) is 0 Å². The molecule has 0 aliphatic rings. The van der Waals surface area contributed by atoms with Gasteiger partial charge in [0.15, 0.2) is 5.65 Å². The zero-order valence-corrected chi connectivity index (χ0v) is 10.3. The molecule has 2 aromatic heterocycles. The molecule has 5 heteroatoms. The van der Waals surface area contributed by atoms with Crippen LogP contribution in [-0.4, -0.2) is 27.6 Å². The summed E-state index contributed by atoms with van der Waals surface area (Å²) in [6.45, 7) is 6.66. The molecule has 0 bridgehead atoms. The maximum atomic E-state index is 5.34. The Balaban J connectivity index is 2.43. The van der Waals surface area contributed by atoms with Crippen molar-refractivity contribution in [3.63, 3.8) is 0 Å². The van der Waals surface area contributed by atoms with Gasteiger partial charge < -0.3 is 10.1 Å². The Kier molecular flexibility index (Phi) is 3.37. The number of aromatic nitrogens is 3. The standard InChI is InChI=1S/C12H16N4O/c1-4-17-10-6-5-9-11(15-8(2)3)13-7-14-12(9)16-10/h5-8H,4H2,1-3H3,(H,13,14,15,16). The highest BCUT2D eigenvalue weighted by molar-refractivity contribution is 5.86. The van der Waals surface area contributed by atoms with E-state index < -0.39 is 0 Å². The summed E-state index contributed by atoms with van der Waals surface area (Å²) in [5.74, 6) is 1.40. The number of nitrogens with one attached hydrogen (secondary N) is 1. The topological polar surface area (TPSA) is 59.9 Å². The fourth-order valence-corrected chi connectivity index (χ4v) is 1.54. The lowest BCUT2D eigenvalue weighted by molar-refractivity contribution is 0.328. The quantitative estimate of drug-likeness (QED) is 0.876. The highest BCUT2D eigenvalue weighted by atomic mass is 16.5. The van der Waals surface area contributed by atoms with Gasteiger partial charge in [-0.2, -0.15) is 4.98 Å². The molecule has 0 saturated heterocycles. The zero-order valence-electron chi connectivity index (χ0n) is 10.3. The van der Waals surface area contributed by atoms with Crippen LogP contribution in [0.5, 0.6) is 5.88 Å². The zero-order chi connectivity index (χ0) is 12.3. The van der Waals surface area contributed by atoms with Crippen molar-refractivity contribution in [3.05, 3.63) is 18.5 Å². The Morgan fingerprint density at radius 3 is 2.82 bits per heavy atom. The average molecular weight is 232 g/mol. The second kappa shape index (κ2) is 4.95. The van der Waals surface area contributed by atoms with E-state index in [1.807, 2.05) is 19.1 Å². The van der Waals surface area contributed by atoms with Gasteiger partial charge in [-0.25, -0.2) is 9.97 Å². The van der Waals surface area contributed by atoms with E-state index in [-0.39, 0.29) is 0 Å². The summed E-state index contributed by atoms with van der Waals surface area (Å²) in [6, 6.07) is 4.08. The van der Waals surface area contributed by atoms with E-state index in [4.69, 9.17) is 4.74 Å². The van der Waals surface area contributed by atoms with Gasteiger partial charge >= 0.3 is 0 Å². The number of anilines is 1. The van der Waals surface area contributed by atoms with Crippen molar-refractivity contribution in [3.8, 4) is 5.88 Å². The van der Waals surface area contributed by atoms with Crippen LogP contribution in [0.15, 0.2) is 18.5 Å². The lowest BCUT2D eigenvalue weighted by Gasteiger charge is -2.11. The molecular formula is C12H16N4O. The van der Waals surface area contributed by atoms with Crippen molar-refractivity contribution in [2.24, 2.45) is 0 Å². The summed E-state index contributed by atoms with van der Waals surface area (Å²) >= 11 is 0. The third-order valence-corrected chi connectivity index (χ3v) is 2.19. The number of ether oxygens (including phenoxy) is 1. The summed E-state index contributed by atoms with van der Waals surface area (Å²) < 4.78 is 5.34. The van der Waals surface area contributed by atoms with Gasteiger partial charge in [0.25, 0.3) is 0 Å². The van der Waals surface area contributed by atoms with E-state index in [1.165, 1.54) is 6.33 Å². The predicted octanol–water partition coefficient (Wildman–Crippen LogP) is 2.24. The Bertz CT molecular complexity index is 513. The molecule has 0 aromatic carbocycles. The monoisotopic (exact) mass is 232 g/mol. The van der Waals surface area contributed by atoms with E-state index in [1.54, 1.807) is 0 Å². The highest BCUT2D eigenvalue weighted by Crippen LogP contribution is 2.20. The van der Waals surface area contributed by atoms with Crippen molar-refractivity contribution in [1.29, 1.82) is 0 Å². The molecule has 90 valence electrons. The molecular weight excluding hydrogens is 216 g/mol. The van der Waals surface area contributed by atoms with Crippen LogP contribution in [0.3, 0.4) is 0 Å². The Morgan fingerprint density at radius 1 is 1.29 bits per heavy atom. The SMILES string of the molecule is CCOc1ccc2c(NC(C)C)ncnc2n1. The van der Waals surface area contributed by atoms with Crippen LogP contribution in [0.4, 0.5) is 5.82 Å². The van der Waals surface area contributed by atoms with E-state index in [9.17, 15) is 0 Å². The molecule has 0 unspecified atom stereocenters. The van der Waals surface area contributed by atoms with Crippen LogP contribution >= 0.6 is 0 Å².